The summed E-state index contributed by atoms with van der Waals surface area (Å²) >= 11 is 0. The van der Waals surface area contributed by atoms with Crippen molar-refractivity contribution in [1.82, 2.24) is 0 Å². The molecule has 0 aliphatic carbocycles. The van der Waals surface area contributed by atoms with Gasteiger partial charge in [0.1, 0.15) is 7.14 Å². The number of hydrogen-bond donors (Lipinski definition) is 0. The molecular formula is C22H27O3P. The van der Waals surface area contributed by atoms with Gasteiger partial charge < -0.3 is 9.30 Å². The SMILES string of the molecule is C=C(C)C(=O)OCCCCCCP(=O)(c1ccccc1)c1ccccc1. The molecule has 0 N–H and O–H groups in total. The highest BCUT2D eigenvalue weighted by molar-refractivity contribution is 7.78. The van der Waals surface area contributed by atoms with Gasteiger partial charge >= 0.3 is 5.97 Å². The summed E-state index contributed by atoms with van der Waals surface area (Å²) in [6.07, 6.45) is 4.28. The van der Waals surface area contributed by atoms with E-state index >= 15 is 0 Å². The Hall–Kier alpha value is -2.12. The topological polar surface area (TPSA) is 43.4 Å². The molecule has 0 aliphatic heterocycles. The van der Waals surface area contributed by atoms with E-state index in [-0.39, 0.29) is 5.97 Å². The van der Waals surface area contributed by atoms with Crippen molar-refractivity contribution >= 4 is 23.7 Å². The molecule has 0 saturated heterocycles. The number of benzene rings is 2. The van der Waals surface area contributed by atoms with E-state index in [4.69, 9.17) is 4.74 Å². The second-order valence-electron chi connectivity index (χ2n) is 6.46. The summed E-state index contributed by atoms with van der Waals surface area (Å²) in [6.45, 7) is 5.63. The van der Waals surface area contributed by atoms with Gasteiger partial charge in [0.2, 0.25) is 0 Å². The molecule has 4 heteroatoms. The molecule has 0 heterocycles. The molecule has 0 fully saturated rings. The molecule has 0 atom stereocenters. The molecule has 2 aromatic rings. The fourth-order valence-corrected chi connectivity index (χ4v) is 5.61. The Kier molecular flexibility index (Phi) is 7.87. The predicted octanol–water partition coefficient (Wildman–Crippen LogP) is 4.68. The van der Waals surface area contributed by atoms with Crippen LogP contribution in [-0.2, 0) is 14.1 Å². The number of hydrogen-bond acceptors (Lipinski definition) is 3. The van der Waals surface area contributed by atoms with Crippen LogP contribution in [0.1, 0.15) is 32.6 Å². The van der Waals surface area contributed by atoms with Crippen LogP contribution in [0.15, 0.2) is 72.8 Å². The van der Waals surface area contributed by atoms with Gasteiger partial charge in [-0.2, -0.15) is 0 Å². The number of unbranched alkanes of at least 4 members (excludes halogenated alkanes) is 3. The Morgan fingerprint density at radius 3 is 1.88 bits per heavy atom. The van der Waals surface area contributed by atoms with Crippen molar-refractivity contribution in [2.45, 2.75) is 32.6 Å². The maximum Gasteiger partial charge on any atom is 0.333 e. The van der Waals surface area contributed by atoms with Gasteiger partial charge in [-0.1, -0.05) is 80.1 Å². The standard InChI is InChI=1S/C22H27O3P/c1-19(2)22(23)25-17-11-3-4-12-18-26(24,20-13-7-5-8-14-20)21-15-9-6-10-16-21/h5-10,13-16H,1,3-4,11-12,17-18H2,2H3. The van der Waals surface area contributed by atoms with Crippen molar-refractivity contribution in [3.05, 3.63) is 72.8 Å². The first-order valence-electron chi connectivity index (χ1n) is 9.07. The minimum atomic E-state index is -2.61. The molecule has 0 aromatic heterocycles. The zero-order valence-electron chi connectivity index (χ0n) is 15.4. The highest BCUT2D eigenvalue weighted by Gasteiger charge is 2.26. The highest BCUT2D eigenvalue weighted by atomic mass is 31.2. The smallest absolute Gasteiger partial charge is 0.333 e. The van der Waals surface area contributed by atoms with E-state index in [0.717, 1.165) is 36.3 Å². The van der Waals surface area contributed by atoms with E-state index < -0.39 is 7.14 Å². The minimum absolute atomic E-state index is 0.331. The Balaban J connectivity index is 1.88. The minimum Gasteiger partial charge on any atom is -0.462 e. The van der Waals surface area contributed by atoms with Crippen molar-refractivity contribution in [2.75, 3.05) is 12.8 Å². The van der Waals surface area contributed by atoms with Gasteiger partial charge in [0, 0.05) is 22.3 Å². The zero-order valence-corrected chi connectivity index (χ0v) is 16.3. The van der Waals surface area contributed by atoms with Gasteiger partial charge in [-0.15, -0.1) is 0 Å². The molecule has 0 saturated carbocycles. The van der Waals surface area contributed by atoms with E-state index in [2.05, 4.69) is 6.58 Å². The number of rotatable bonds is 10. The monoisotopic (exact) mass is 370 g/mol. The summed E-state index contributed by atoms with van der Waals surface area (Å²) < 4.78 is 18.9. The molecule has 0 bridgehead atoms. The lowest BCUT2D eigenvalue weighted by atomic mass is 10.2. The van der Waals surface area contributed by atoms with E-state index in [0.29, 0.717) is 18.3 Å². The average Bonchev–Trinajstić information content (AvgIpc) is 2.68. The van der Waals surface area contributed by atoms with Crippen molar-refractivity contribution < 1.29 is 14.1 Å². The van der Waals surface area contributed by atoms with Gasteiger partial charge in [0.05, 0.1) is 6.61 Å². The summed E-state index contributed by atoms with van der Waals surface area (Å²) in [6, 6.07) is 19.5. The second kappa shape index (κ2) is 10.1. The van der Waals surface area contributed by atoms with Crippen LogP contribution in [0.4, 0.5) is 0 Å². The molecule has 3 nitrogen and oxygen atoms in total. The molecule has 0 aliphatic rings. The van der Waals surface area contributed by atoms with E-state index in [9.17, 15) is 9.36 Å². The highest BCUT2D eigenvalue weighted by Crippen LogP contribution is 2.44. The number of carbonyl (C=O) groups excluding carboxylic acids is 1. The number of ether oxygens (including phenoxy) is 1. The van der Waals surface area contributed by atoms with Crippen LogP contribution in [0.2, 0.25) is 0 Å². The summed E-state index contributed by atoms with van der Waals surface area (Å²) in [5, 5.41) is 1.84. The van der Waals surface area contributed by atoms with Gasteiger partial charge in [0.15, 0.2) is 0 Å². The van der Waals surface area contributed by atoms with Gasteiger partial charge in [-0.3, -0.25) is 0 Å². The first-order chi connectivity index (χ1) is 12.5. The lowest BCUT2D eigenvalue weighted by Crippen LogP contribution is -2.18. The largest absolute Gasteiger partial charge is 0.462 e. The first kappa shape index (κ1) is 20.2. The Labute approximate surface area is 156 Å². The maximum absolute atomic E-state index is 13.8. The number of esters is 1. The second-order valence-corrected chi connectivity index (χ2v) is 9.42. The van der Waals surface area contributed by atoms with Crippen molar-refractivity contribution in [2.24, 2.45) is 0 Å². The Morgan fingerprint density at radius 2 is 1.38 bits per heavy atom. The van der Waals surface area contributed by atoms with Gasteiger partial charge in [-0.25, -0.2) is 4.79 Å². The normalized spacial score (nSPS) is 11.1. The van der Waals surface area contributed by atoms with Crippen molar-refractivity contribution in [3.63, 3.8) is 0 Å². The van der Waals surface area contributed by atoms with Crippen LogP contribution in [0.5, 0.6) is 0 Å². The summed E-state index contributed by atoms with van der Waals surface area (Å²) in [5.41, 5.74) is 0.427. The van der Waals surface area contributed by atoms with Gasteiger partial charge in [-0.05, 0) is 19.8 Å². The van der Waals surface area contributed by atoms with Crippen molar-refractivity contribution in [1.29, 1.82) is 0 Å². The zero-order chi connectivity index (χ0) is 18.8. The van der Waals surface area contributed by atoms with Crippen LogP contribution >= 0.6 is 7.14 Å². The molecule has 0 spiro atoms. The van der Waals surface area contributed by atoms with E-state index in [1.165, 1.54) is 0 Å². The van der Waals surface area contributed by atoms with Gasteiger partial charge in [0.25, 0.3) is 0 Å². The third kappa shape index (κ3) is 5.71. The van der Waals surface area contributed by atoms with Crippen LogP contribution < -0.4 is 10.6 Å². The molecule has 2 rings (SSSR count). The van der Waals surface area contributed by atoms with Crippen LogP contribution in [0.25, 0.3) is 0 Å². The molecular weight excluding hydrogens is 343 g/mol. The summed E-state index contributed by atoms with van der Waals surface area (Å²) in [4.78, 5) is 11.3. The van der Waals surface area contributed by atoms with Crippen LogP contribution in [-0.4, -0.2) is 18.7 Å². The van der Waals surface area contributed by atoms with Crippen LogP contribution in [0.3, 0.4) is 0 Å². The quantitative estimate of drug-likeness (QED) is 0.264. The fraction of sp³-hybridized carbons (Fsp3) is 0.318. The molecule has 0 amide bonds. The lowest BCUT2D eigenvalue weighted by Gasteiger charge is -2.19. The molecule has 26 heavy (non-hydrogen) atoms. The van der Waals surface area contributed by atoms with Crippen molar-refractivity contribution in [3.8, 4) is 0 Å². The molecule has 0 radical (unpaired) electrons. The molecule has 2 aromatic carbocycles. The maximum atomic E-state index is 13.8. The Morgan fingerprint density at radius 1 is 0.885 bits per heavy atom. The summed E-state index contributed by atoms with van der Waals surface area (Å²) in [7, 11) is -2.61. The average molecular weight is 370 g/mol. The Bertz CT molecular complexity index is 710. The predicted molar refractivity (Wildman–Crippen MR) is 109 cm³/mol. The third-order valence-electron chi connectivity index (χ3n) is 4.30. The summed E-state index contributed by atoms with van der Waals surface area (Å²) in [5.74, 6) is -0.331. The molecule has 138 valence electrons. The van der Waals surface area contributed by atoms with E-state index in [1.807, 2.05) is 60.7 Å². The molecule has 0 unspecified atom stereocenters. The third-order valence-corrected chi connectivity index (χ3v) is 7.51. The number of carbonyl (C=O) groups is 1. The van der Waals surface area contributed by atoms with E-state index in [1.54, 1.807) is 6.92 Å². The first-order valence-corrected chi connectivity index (χ1v) is 11.0. The lowest BCUT2D eigenvalue weighted by molar-refractivity contribution is -0.139. The van der Waals surface area contributed by atoms with Crippen LogP contribution in [0, 0.1) is 0 Å². The fourth-order valence-electron chi connectivity index (χ4n) is 2.82.